The molecule has 6 aromatic rings. The molecule has 0 atom stereocenters. The van der Waals surface area contributed by atoms with Gasteiger partial charge in [-0.15, -0.1) is 0 Å². The first-order valence-electron chi connectivity index (χ1n) is 12.5. The topological polar surface area (TPSA) is 55.7 Å². The lowest BCUT2D eigenvalue weighted by Crippen LogP contribution is -2.17. The normalized spacial score (nSPS) is 12.2. The van der Waals surface area contributed by atoms with Crippen LogP contribution in [0.3, 0.4) is 0 Å². The Morgan fingerprint density at radius 2 is 1.08 bits per heavy atom. The molecule has 0 aliphatic rings. The SMILES string of the molecule is C=C(/N=C(\N=C(/N)c1cccc(-n2c3ccccc3c3ccccc32)c1)c1ccccc1)c1ccccc1. The van der Waals surface area contributed by atoms with Crippen LogP contribution >= 0.6 is 0 Å². The monoisotopic (exact) mass is 490 g/mol. The van der Waals surface area contributed by atoms with E-state index in [0.29, 0.717) is 17.4 Å². The lowest BCUT2D eigenvalue weighted by Gasteiger charge is -2.11. The van der Waals surface area contributed by atoms with Crippen LogP contribution in [-0.2, 0) is 0 Å². The van der Waals surface area contributed by atoms with Crippen LogP contribution in [0.15, 0.2) is 150 Å². The van der Waals surface area contributed by atoms with Gasteiger partial charge in [-0.1, -0.05) is 116 Å². The zero-order valence-electron chi connectivity index (χ0n) is 20.8. The molecule has 4 nitrogen and oxygen atoms in total. The maximum Gasteiger partial charge on any atom is 0.162 e. The van der Waals surface area contributed by atoms with E-state index in [-0.39, 0.29) is 0 Å². The summed E-state index contributed by atoms with van der Waals surface area (Å²) >= 11 is 0. The van der Waals surface area contributed by atoms with Gasteiger partial charge in [0.1, 0.15) is 5.84 Å². The molecule has 5 aromatic carbocycles. The molecule has 6 rings (SSSR count). The predicted octanol–water partition coefficient (Wildman–Crippen LogP) is 7.61. The third-order valence-corrected chi connectivity index (χ3v) is 6.59. The smallest absolute Gasteiger partial charge is 0.162 e. The van der Waals surface area contributed by atoms with Gasteiger partial charge in [-0.05, 0) is 29.8 Å². The van der Waals surface area contributed by atoms with E-state index < -0.39 is 0 Å². The minimum Gasteiger partial charge on any atom is -0.383 e. The number of nitrogens with zero attached hydrogens (tertiary/aromatic N) is 3. The molecule has 0 radical (unpaired) electrons. The third kappa shape index (κ3) is 4.40. The van der Waals surface area contributed by atoms with E-state index in [0.717, 1.165) is 33.4 Å². The predicted molar refractivity (Wildman–Crippen MR) is 160 cm³/mol. The number of fused-ring (bicyclic) bond motifs is 3. The Bertz CT molecular complexity index is 1770. The molecule has 182 valence electrons. The Morgan fingerprint density at radius 1 is 0.553 bits per heavy atom. The highest BCUT2D eigenvalue weighted by atomic mass is 15.0. The minimum absolute atomic E-state index is 0.385. The third-order valence-electron chi connectivity index (χ3n) is 6.59. The van der Waals surface area contributed by atoms with Gasteiger partial charge in [0.05, 0.1) is 16.7 Å². The highest BCUT2D eigenvalue weighted by Gasteiger charge is 2.13. The summed E-state index contributed by atoms with van der Waals surface area (Å²) in [6.45, 7) is 4.18. The van der Waals surface area contributed by atoms with Gasteiger partial charge in [0, 0.05) is 27.6 Å². The molecule has 1 aromatic heterocycles. The molecule has 4 heteroatoms. The Hall–Kier alpha value is -5.22. The second-order valence-electron chi connectivity index (χ2n) is 9.03. The highest BCUT2D eigenvalue weighted by Crippen LogP contribution is 2.31. The van der Waals surface area contributed by atoms with E-state index in [9.17, 15) is 0 Å². The van der Waals surface area contributed by atoms with Crippen LogP contribution in [0, 0.1) is 0 Å². The number of amidine groups is 2. The zero-order valence-corrected chi connectivity index (χ0v) is 20.8. The maximum atomic E-state index is 6.63. The van der Waals surface area contributed by atoms with Crippen molar-refractivity contribution in [1.82, 2.24) is 4.57 Å². The number of aliphatic imine (C=N–C) groups is 2. The van der Waals surface area contributed by atoms with Gasteiger partial charge >= 0.3 is 0 Å². The molecule has 38 heavy (non-hydrogen) atoms. The highest BCUT2D eigenvalue weighted by molar-refractivity contribution is 6.13. The number of para-hydroxylation sites is 2. The van der Waals surface area contributed by atoms with Gasteiger partial charge in [-0.25, -0.2) is 9.98 Å². The molecule has 0 fully saturated rings. The van der Waals surface area contributed by atoms with Crippen molar-refractivity contribution in [3.63, 3.8) is 0 Å². The lowest BCUT2D eigenvalue weighted by molar-refractivity contribution is 1.18. The van der Waals surface area contributed by atoms with Crippen molar-refractivity contribution in [2.24, 2.45) is 15.7 Å². The van der Waals surface area contributed by atoms with Gasteiger partial charge in [-0.2, -0.15) is 0 Å². The van der Waals surface area contributed by atoms with Crippen LogP contribution in [0.5, 0.6) is 0 Å². The maximum absolute atomic E-state index is 6.63. The molecule has 2 N–H and O–H groups in total. The second kappa shape index (κ2) is 10.0. The van der Waals surface area contributed by atoms with Gasteiger partial charge in [-0.3, -0.25) is 0 Å². The molecule has 0 saturated heterocycles. The van der Waals surface area contributed by atoms with Crippen molar-refractivity contribution in [1.29, 1.82) is 0 Å². The average molecular weight is 491 g/mol. The molecule has 1 heterocycles. The summed E-state index contributed by atoms with van der Waals surface area (Å²) in [6, 6.07) is 44.8. The summed E-state index contributed by atoms with van der Waals surface area (Å²) < 4.78 is 2.27. The number of aromatic nitrogens is 1. The molecule has 0 spiro atoms. The van der Waals surface area contributed by atoms with Crippen LogP contribution in [-0.4, -0.2) is 16.2 Å². The molecule has 0 amide bonds. The van der Waals surface area contributed by atoms with E-state index in [1.165, 1.54) is 10.8 Å². The summed E-state index contributed by atoms with van der Waals surface area (Å²) in [4.78, 5) is 9.59. The largest absolute Gasteiger partial charge is 0.383 e. The fourth-order valence-electron chi connectivity index (χ4n) is 4.75. The van der Waals surface area contributed by atoms with Crippen LogP contribution < -0.4 is 5.73 Å². The van der Waals surface area contributed by atoms with Crippen molar-refractivity contribution < 1.29 is 0 Å². The molecule has 0 unspecified atom stereocenters. The molecular weight excluding hydrogens is 464 g/mol. The molecule has 0 aliphatic carbocycles. The summed E-state index contributed by atoms with van der Waals surface area (Å²) in [6.07, 6.45) is 0. The van der Waals surface area contributed by atoms with Crippen molar-refractivity contribution in [3.05, 3.63) is 157 Å². The number of hydrogen-bond acceptors (Lipinski definition) is 1. The first-order chi connectivity index (χ1) is 18.7. The van der Waals surface area contributed by atoms with Crippen LogP contribution in [0.4, 0.5) is 0 Å². The Morgan fingerprint density at radius 3 is 1.71 bits per heavy atom. The summed E-state index contributed by atoms with van der Waals surface area (Å²) in [5.74, 6) is 0.898. The van der Waals surface area contributed by atoms with Crippen molar-refractivity contribution in [3.8, 4) is 5.69 Å². The first-order valence-corrected chi connectivity index (χ1v) is 12.5. The molecule has 0 saturated carbocycles. The number of nitrogens with two attached hydrogens (primary N) is 1. The summed E-state index contributed by atoms with van der Waals surface area (Å²) in [7, 11) is 0. The van der Waals surface area contributed by atoms with E-state index in [4.69, 9.17) is 15.7 Å². The second-order valence-corrected chi connectivity index (χ2v) is 9.03. The van der Waals surface area contributed by atoms with Gasteiger partial charge in [0.2, 0.25) is 0 Å². The Balaban J connectivity index is 1.45. The summed E-state index contributed by atoms with van der Waals surface area (Å²) in [5, 5.41) is 2.43. The van der Waals surface area contributed by atoms with Crippen LogP contribution in [0.25, 0.3) is 33.2 Å². The molecule has 0 aliphatic heterocycles. The lowest BCUT2D eigenvalue weighted by atomic mass is 10.1. The summed E-state index contributed by atoms with van der Waals surface area (Å²) in [5.41, 5.74) is 13.2. The quantitative estimate of drug-likeness (QED) is 0.196. The molecular formula is C34H26N4. The van der Waals surface area contributed by atoms with Crippen molar-refractivity contribution in [2.75, 3.05) is 0 Å². The van der Waals surface area contributed by atoms with Gasteiger partial charge < -0.3 is 10.3 Å². The van der Waals surface area contributed by atoms with Crippen molar-refractivity contribution in [2.45, 2.75) is 0 Å². The zero-order chi connectivity index (χ0) is 25.9. The van der Waals surface area contributed by atoms with E-state index in [2.05, 4.69) is 71.8 Å². The fourth-order valence-corrected chi connectivity index (χ4v) is 4.75. The van der Waals surface area contributed by atoms with Crippen molar-refractivity contribution >= 4 is 39.2 Å². The average Bonchev–Trinajstić information content (AvgIpc) is 3.32. The fraction of sp³-hybridized carbons (Fsp3) is 0. The Kier molecular flexibility index (Phi) is 6.12. The first kappa shape index (κ1) is 23.2. The van der Waals surface area contributed by atoms with E-state index >= 15 is 0 Å². The van der Waals surface area contributed by atoms with E-state index in [1.807, 2.05) is 72.8 Å². The number of benzene rings is 5. The standard InChI is InChI=1S/C34H26N4/c1-24(25-13-4-2-5-14-25)36-34(26-15-6-3-7-16-26)37-33(35)27-17-12-18-28(23-27)38-31-21-10-8-19-29(31)30-20-9-11-22-32(30)38/h2-23H,1H2,(H2,35,36,37). The van der Waals surface area contributed by atoms with Crippen LogP contribution in [0.2, 0.25) is 0 Å². The van der Waals surface area contributed by atoms with E-state index in [1.54, 1.807) is 0 Å². The van der Waals surface area contributed by atoms with Gasteiger partial charge in [0.15, 0.2) is 5.84 Å². The number of rotatable bonds is 5. The molecule has 0 bridgehead atoms. The van der Waals surface area contributed by atoms with Crippen LogP contribution in [0.1, 0.15) is 16.7 Å². The Labute approximate surface area is 221 Å². The van der Waals surface area contributed by atoms with Gasteiger partial charge in [0.25, 0.3) is 0 Å². The number of hydrogen-bond donors (Lipinski definition) is 1. The minimum atomic E-state index is 0.385.